The molecule has 0 atom stereocenters. The third-order valence-electron chi connectivity index (χ3n) is 3.35. The molecular formula is C14H18O. The third-order valence-corrected chi connectivity index (χ3v) is 3.35. The van der Waals surface area contributed by atoms with Gasteiger partial charge in [-0.05, 0) is 30.9 Å². The molecule has 1 nitrogen and oxygen atoms in total. The number of benzene rings is 1. The summed E-state index contributed by atoms with van der Waals surface area (Å²) in [4.78, 5) is 12.1. The van der Waals surface area contributed by atoms with E-state index in [0.29, 0.717) is 11.7 Å². The van der Waals surface area contributed by atoms with Gasteiger partial charge in [0.2, 0.25) is 0 Å². The molecule has 1 fully saturated rings. The Morgan fingerprint density at radius 3 is 2.73 bits per heavy atom. The fraction of sp³-hybridized carbons (Fsp3) is 0.500. The Hall–Kier alpha value is -1.11. The molecule has 0 aromatic heterocycles. The smallest absolute Gasteiger partial charge is 0.165 e. The molecule has 1 aliphatic carbocycles. The van der Waals surface area contributed by atoms with Crippen molar-refractivity contribution in [2.45, 2.75) is 39.0 Å². The van der Waals surface area contributed by atoms with Gasteiger partial charge in [-0.2, -0.15) is 0 Å². The van der Waals surface area contributed by atoms with Gasteiger partial charge in [0.15, 0.2) is 5.78 Å². The predicted molar refractivity (Wildman–Crippen MR) is 62.1 cm³/mol. The summed E-state index contributed by atoms with van der Waals surface area (Å²) in [6.07, 6.45) is 5.64. The summed E-state index contributed by atoms with van der Waals surface area (Å²) in [7, 11) is 0. The van der Waals surface area contributed by atoms with E-state index < -0.39 is 0 Å². The van der Waals surface area contributed by atoms with Gasteiger partial charge in [0.25, 0.3) is 0 Å². The van der Waals surface area contributed by atoms with Gasteiger partial charge < -0.3 is 0 Å². The molecule has 2 rings (SSSR count). The summed E-state index contributed by atoms with van der Waals surface area (Å²) in [5, 5.41) is 0. The van der Waals surface area contributed by atoms with E-state index in [1.165, 1.54) is 18.4 Å². The zero-order valence-electron chi connectivity index (χ0n) is 9.33. The lowest BCUT2D eigenvalue weighted by Gasteiger charge is -2.08. The van der Waals surface area contributed by atoms with Gasteiger partial charge in [0, 0.05) is 11.5 Å². The van der Waals surface area contributed by atoms with Crippen LogP contribution in [0.15, 0.2) is 24.3 Å². The van der Waals surface area contributed by atoms with Crippen LogP contribution in [0.1, 0.15) is 48.5 Å². The van der Waals surface area contributed by atoms with Crippen molar-refractivity contribution in [2.75, 3.05) is 0 Å². The lowest BCUT2D eigenvalue weighted by atomic mass is 9.95. The Bertz CT molecular complexity index is 348. The average molecular weight is 202 g/mol. The second-order valence-corrected chi connectivity index (χ2v) is 4.40. The largest absolute Gasteiger partial charge is 0.294 e. The van der Waals surface area contributed by atoms with Crippen molar-refractivity contribution in [3.05, 3.63) is 35.4 Å². The molecule has 0 unspecified atom stereocenters. The first-order valence-corrected chi connectivity index (χ1v) is 5.94. The van der Waals surface area contributed by atoms with Crippen molar-refractivity contribution in [3.8, 4) is 0 Å². The maximum absolute atomic E-state index is 12.1. The molecule has 0 spiro atoms. The molecular weight excluding hydrogens is 184 g/mol. The number of ketones is 1. The SMILES string of the molecule is CCc1cccc(C(=O)C2CCCC2)c1. The van der Waals surface area contributed by atoms with Gasteiger partial charge >= 0.3 is 0 Å². The molecule has 1 heteroatoms. The van der Waals surface area contributed by atoms with Crippen LogP contribution in [0.25, 0.3) is 0 Å². The van der Waals surface area contributed by atoms with Crippen LogP contribution in [0.5, 0.6) is 0 Å². The van der Waals surface area contributed by atoms with Gasteiger partial charge in [-0.25, -0.2) is 0 Å². The summed E-state index contributed by atoms with van der Waals surface area (Å²) in [5.74, 6) is 0.667. The van der Waals surface area contributed by atoms with Crippen molar-refractivity contribution in [1.82, 2.24) is 0 Å². The van der Waals surface area contributed by atoms with Crippen LogP contribution < -0.4 is 0 Å². The maximum atomic E-state index is 12.1. The van der Waals surface area contributed by atoms with Gasteiger partial charge in [-0.1, -0.05) is 38.0 Å². The first kappa shape index (κ1) is 10.4. The number of hydrogen-bond donors (Lipinski definition) is 0. The minimum atomic E-state index is 0.303. The highest BCUT2D eigenvalue weighted by atomic mass is 16.1. The standard InChI is InChI=1S/C14H18O/c1-2-11-6-5-9-13(10-11)14(15)12-7-3-4-8-12/h5-6,9-10,12H,2-4,7-8H2,1H3. The highest BCUT2D eigenvalue weighted by Gasteiger charge is 2.23. The zero-order valence-corrected chi connectivity index (χ0v) is 9.33. The fourth-order valence-electron chi connectivity index (χ4n) is 2.37. The zero-order chi connectivity index (χ0) is 10.7. The van der Waals surface area contributed by atoms with E-state index in [-0.39, 0.29) is 0 Å². The van der Waals surface area contributed by atoms with E-state index in [4.69, 9.17) is 0 Å². The molecule has 1 saturated carbocycles. The minimum Gasteiger partial charge on any atom is -0.294 e. The molecule has 15 heavy (non-hydrogen) atoms. The van der Waals surface area contributed by atoms with E-state index in [1.807, 2.05) is 12.1 Å². The van der Waals surface area contributed by atoms with Crippen LogP contribution in [-0.2, 0) is 6.42 Å². The van der Waals surface area contributed by atoms with E-state index in [1.54, 1.807) is 0 Å². The third kappa shape index (κ3) is 2.28. The number of hydrogen-bond acceptors (Lipinski definition) is 1. The van der Waals surface area contributed by atoms with E-state index in [2.05, 4.69) is 19.1 Å². The summed E-state index contributed by atoms with van der Waals surface area (Å²) in [6.45, 7) is 2.12. The van der Waals surface area contributed by atoms with Crippen LogP contribution in [-0.4, -0.2) is 5.78 Å². The van der Waals surface area contributed by atoms with E-state index in [9.17, 15) is 4.79 Å². The van der Waals surface area contributed by atoms with Crippen molar-refractivity contribution in [2.24, 2.45) is 5.92 Å². The highest BCUT2D eigenvalue weighted by Crippen LogP contribution is 2.28. The van der Waals surface area contributed by atoms with Crippen LogP contribution in [0, 0.1) is 5.92 Å². The van der Waals surface area contributed by atoms with E-state index in [0.717, 1.165) is 24.8 Å². The second-order valence-electron chi connectivity index (χ2n) is 4.40. The van der Waals surface area contributed by atoms with Crippen LogP contribution >= 0.6 is 0 Å². The summed E-state index contributed by atoms with van der Waals surface area (Å²) in [5.41, 5.74) is 2.18. The Morgan fingerprint density at radius 1 is 1.33 bits per heavy atom. The molecule has 0 N–H and O–H groups in total. The van der Waals surface area contributed by atoms with Gasteiger partial charge in [0.05, 0.1) is 0 Å². The Morgan fingerprint density at radius 2 is 2.07 bits per heavy atom. The van der Waals surface area contributed by atoms with Crippen LogP contribution in [0.4, 0.5) is 0 Å². The number of aryl methyl sites for hydroxylation is 1. The molecule has 1 aliphatic rings. The first-order chi connectivity index (χ1) is 7.31. The maximum Gasteiger partial charge on any atom is 0.165 e. The van der Waals surface area contributed by atoms with Gasteiger partial charge in [-0.3, -0.25) is 4.79 Å². The molecule has 1 aromatic rings. The number of carbonyl (C=O) groups excluding carboxylic acids is 1. The quantitative estimate of drug-likeness (QED) is 0.684. The summed E-state index contributed by atoms with van der Waals surface area (Å²) >= 11 is 0. The summed E-state index contributed by atoms with van der Waals surface area (Å²) in [6, 6.07) is 8.10. The fourth-order valence-corrected chi connectivity index (χ4v) is 2.37. The molecule has 0 radical (unpaired) electrons. The van der Waals surface area contributed by atoms with Crippen molar-refractivity contribution < 1.29 is 4.79 Å². The average Bonchev–Trinajstić information content (AvgIpc) is 2.81. The van der Waals surface area contributed by atoms with Crippen molar-refractivity contribution >= 4 is 5.78 Å². The topological polar surface area (TPSA) is 17.1 Å². The second kappa shape index (κ2) is 4.61. The van der Waals surface area contributed by atoms with Crippen LogP contribution in [0.3, 0.4) is 0 Å². The molecule has 0 bridgehead atoms. The van der Waals surface area contributed by atoms with Gasteiger partial charge in [-0.15, -0.1) is 0 Å². The Kier molecular flexibility index (Phi) is 3.20. The molecule has 0 aliphatic heterocycles. The molecule has 0 amide bonds. The lowest BCUT2D eigenvalue weighted by Crippen LogP contribution is -2.11. The Labute approximate surface area is 91.5 Å². The van der Waals surface area contributed by atoms with Crippen molar-refractivity contribution in [3.63, 3.8) is 0 Å². The lowest BCUT2D eigenvalue weighted by molar-refractivity contribution is 0.0923. The monoisotopic (exact) mass is 202 g/mol. The number of Topliss-reactive ketones (excluding diaryl/α,β-unsaturated/α-hetero) is 1. The normalized spacial score (nSPS) is 16.9. The molecule has 1 aromatic carbocycles. The molecule has 0 heterocycles. The number of carbonyl (C=O) groups is 1. The molecule has 0 saturated heterocycles. The summed E-state index contributed by atoms with van der Waals surface area (Å²) < 4.78 is 0. The van der Waals surface area contributed by atoms with E-state index >= 15 is 0 Å². The minimum absolute atomic E-state index is 0.303. The van der Waals surface area contributed by atoms with Crippen LogP contribution in [0.2, 0.25) is 0 Å². The first-order valence-electron chi connectivity index (χ1n) is 5.94. The van der Waals surface area contributed by atoms with Crippen molar-refractivity contribution in [1.29, 1.82) is 0 Å². The van der Waals surface area contributed by atoms with Gasteiger partial charge in [0.1, 0.15) is 0 Å². The predicted octanol–water partition coefficient (Wildman–Crippen LogP) is 3.62. The Balaban J connectivity index is 2.17. The number of rotatable bonds is 3. The molecule has 80 valence electrons. The highest BCUT2D eigenvalue weighted by molar-refractivity contribution is 5.98.